The zero-order valence-corrected chi connectivity index (χ0v) is 11.5. The molecule has 1 aliphatic rings. The van der Waals surface area contributed by atoms with Gasteiger partial charge in [0.05, 0.1) is 6.17 Å². The fourth-order valence-electron chi connectivity index (χ4n) is 2.95. The maximum Gasteiger partial charge on any atom is 0.123 e. The molecule has 1 saturated heterocycles. The van der Waals surface area contributed by atoms with Gasteiger partial charge in [-0.25, -0.2) is 4.39 Å². The van der Waals surface area contributed by atoms with E-state index in [2.05, 4.69) is 31.1 Å². The first-order valence-corrected chi connectivity index (χ1v) is 6.84. The maximum absolute atomic E-state index is 13.0. The zero-order chi connectivity index (χ0) is 13.1. The third kappa shape index (κ3) is 2.73. The van der Waals surface area contributed by atoms with E-state index in [1.807, 2.05) is 12.1 Å². The van der Waals surface area contributed by atoms with Crippen LogP contribution in [0.2, 0.25) is 0 Å². The highest BCUT2D eigenvalue weighted by Crippen LogP contribution is 2.28. The van der Waals surface area contributed by atoms with E-state index in [0.717, 1.165) is 12.1 Å². The summed E-state index contributed by atoms with van der Waals surface area (Å²) >= 11 is 0. The Morgan fingerprint density at radius 1 is 1.33 bits per heavy atom. The minimum atomic E-state index is -0.171. The average molecular weight is 250 g/mol. The highest BCUT2D eigenvalue weighted by molar-refractivity contribution is 5.20. The van der Waals surface area contributed by atoms with Crippen molar-refractivity contribution < 1.29 is 4.39 Å². The van der Waals surface area contributed by atoms with Gasteiger partial charge in [0.1, 0.15) is 5.82 Å². The van der Waals surface area contributed by atoms with E-state index < -0.39 is 0 Å². The van der Waals surface area contributed by atoms with Gasteiger partial charge in [0.15, 0.2) is 0 Å². The summed E-state index contributed by atoms with van der Waals surface area (Å²) in [4.78, 5) is 2.39. The molecule has 0 radical (unpaired) electrons. The lowest BCUT2D eigenvalue weighted by Crippen LogP contribution is -2.53. The molecule has 3 atom stereocenters. The van der Waals surface area contributed by atoms with Crippen LogP contribution < -0.4 is 5.32 Å². The summed E-state index contributed by atoms with van der Waals surface area (Å²) in [5.41, 5.74) is 1.15. The van der Waals surface area contributed by atoms with Crippen LogP contribution in [0.4, 0.5) is 4.39 Å². The topological polar surface area (TPSA) is 15.3 Å². The van der Waals surface area contributed by atoms with Crippen LogP contribution in [-0.4, -0.2) is 24.5 Å². The predicted octanol–water partition coefficient (Wildman–Crippen LogP) is 3.16. The standard InChI is InChI=1S/C15H23FN2/c1-4-5-14-11(2)10-17-15(18(14)3)12-6-8-13(16)9-7-12/h6-9,11,14-15,17H,4-5,10H2,1-3H3. The predicted molar refractivity (Wildman–Crippen MR) is 72.8 cm³/mol. The first kappa shape index (κ1) is 13.5. The van der Waals surface area contributed by atoms with E-state index in [9.17, 15) is 4.39 Å². The molecule has 0 amide bonds. The Kier molecular flexibility index (Phi) is 4.36. The Balaban J connectivity index is 2.16. The van der Waals surface area contributed by atoms with Gasteiger partial charge < -0.3 is 0 Å². The second kappa shape index (κ2) is 5.81. The van der Waals surface area contributed by atoms with Gasteiger partial charge in [0, 0.05) is 12.6 Å². The van der Waals surface area contributed by atoms with Crippen LogP contribution in [0, 0.1) is 11.7 Å². The number of rotatable bonds is 3. The lowest BCUT2D eigenvalue weighted by Gasteiger charge is -2.44. The average Bonchev–Trinajstić information content (AvgIpc) is 2.36. The first-order chi connectivity index (χ1) is 8.63. The molecule has 1 aromatic carbocycles. The van der Waals surface area contributed by atoms with Crippen LogP contribution in [0.3, 0.4) is 0 Å². The van der Waals surface area contributed by atoms with Crippen LogP contribution in [0.1, 0.15) is 38.4 Å². The number of hydrogen-bond donors (Lipinski definition) is 1. The molecule has 0 bridgehead atoms. The Morgan fingerprint density at radius 3 is 2.61 bits per heavy atom. The van der Waals surface area contributed by atoms with Crippen molar-refractivity contribution in [2.45, 2.75) is 38.9 Å². The van der Waals surface area contributed by atoms with Gasteiger partial charge in [0.25, 0.3) is 0 Å². The van der Waals surface area contributed by atoms with E-state index in [1.54, 1.807) is 0 Å². The number of hydrogen-bond acceptors (Lipinski definition) is 2. The van der Waals surface area contributed by atoms with Crippen LogP contribution in [0.5, 0.6) is 0 Å². The van der Waals surface area contributed by atoms with Crippen molar-refractivity contribution in [2.75, 3.05) is 13.6 Å². The fraction of sp³-hybridized carbons (Fsp3) is 0.600. The number of halogens is 1. The molecular formula is C15H23FN2. The zero-order valence-electron chi connectivity index (χ0n) is 11.5. The molecule has 0 aromatic heterocycles. The molecule has 0 spiro atoms. The minimum absolute atomic E-state index is 0.171. The Labute approximate surface area is 109 Å². The van der Waals surface area contributed by atoms with Crippen molar-refractivity contribution in [1.29, 1.82) is 0 Å². The van der Waals surface area contributed by atoms with E-state index in [0.29, 0.717) is 12.0 Å². The summed E-state index contributed by atoms with van der Waals surface area (Å²) in [6.45, 7) is 5.55. The van der Waals surface area contributed by atoms with Gasteiger partial charge in [-0.2, -0.15) is 0 Å². The first-order valence-electron chi connectivity index (χ1n) is 6.84. The summed E-state index contributed by atoms with van der Waals surface area (Å²) in [5, 5.41) is 3.55. The minimum Gasteiger partial charge on any atom is -0.298 e. The Morgan fingerprint density at radius 2 is 2.00 bits per heavy atom. The Bertz CT molecular complexity index is 377. The summed E-state index contributed by atoms with van der Waals surface area (Å²) < 4.78 is 13.0. The molecule has 3 unspecified atom stereocenters. The van der Waals surface area contributed by atoms with Crippen LogP contribution in [0.15, 0.2) is 24.3 Å². The van der Waals surface area contributed by atoms with Crippen molar-refractivity contribution in [3.8, 4) is 0 Å². The SMILES string of the molecule is CCCC1C(C)CNC(c2ccc(F)cc2)N1C. The molecule has 100 valence electrons. The molecule has 2 rings (SSSR count). The van der Waals surface area contributed by atoms with Crippen LogP contribution >= 0.6 is 0 Å². The normalized spacial score (nSPS) is 29.4. The maximum atomic E-state index is 13.0. The lowest BCUT2D eigenvalue weighted by molar-refractivity contribution is 0.0547. The number of nitrogens with one attached hydrogen (secondary N) is 1. The van der Waals surface area contributed by atoms with Crippen LogP contribution in [0.25, 0.3) is 0 Å². The Hall–Kier alpha value is -0.930. The number of nitrogens with zero attached hydrogens (tertiary/aromatic N) is 1. The molecule has 0 saturated carbocycles. The lowest BCUT2D eigenvalue weighted by atomic mass is 9.92. The molecule has 0 aliphatic carbocycles. The quantitative estimate of drug-likeness (QED) is 0.886. The molecule has 2 nitrogen and oxygen atoms in total. The van der Waals surface area contributed by atoms with Gasteiger partial charge in [-0.05, 0) is 37.1 Å². The monoisotopic (exact) mass is 250 g/mol. The molecule has 18 heavy (non-hydrogen) atoms. The third-order valence-electron chi connectivity index (χ3n) is 3.99. The van der Waals surface area contributed by atoms with Gasteiger partial charge in [-0.1, -0.05) is 32.4 Å². The summed E-state index contributed by atoms with van der Waals surface area (Å²) in [6.07, 6.45) is 2.63. The van der Waals surface area contributed by atoms with Crippen molar-refractivity contribution in [2.24, 2.45) is 5.92 Å². The van der Waals surface area contributed by atoms with E-state index in [4.69, 9.17) is 0 Å². The van der Waals surface area contributed by atoms with E-state index in [-0.39, 0.29) is 12.0 Å². The molecule has 1 aliphatic heterocycles. The highest BCUT2D eigenvalue weighted by atomic mass is 19.1. The summed E-state index contributed by atoms with van der Waals surface area (Å²) in [6, 6.07) is 7.44. The second-order valence-electron chi connectivity index (χ2n) is 5.36. The van der Waals surface area contributed by atoms with E-state index >= 15 is 0 Å². The van der Waals surface area contributed by atoms with Gasteiger partial charge >= 0.3 is 0 Å². The molecule has 1 N–H and O–H groups in total. The summed E-state index contributed by atoms with van der Waals surface area (Å²) in [7, 11) is 2.16. The molecule has 1 fully saturated rings. The summed E-state index contributed by atoms with van der Waals surface area (Å²) in [5.74, 6) is 0.488. The van der Waals surface area contributed by atoms with Crippen molar-refractivity contribution in [3.63, 3.8) is 0 Å². The molecule has 1 aromatic rings. The highest BCUT2D eigenvalue weighted by Gasteiger charge is 2.32. The third-order valence-corrected chi connectivity index (χ3v) is 3.99. The largest absolute Gasteiger partial charge is 0.298 e. The van der Waals surface area contributed by atoms with Crippen molar-refractivity contribution in [3.05, 3.63) is 35.6 Å². The van der Waals surface area contributed by atoms with Crippen molar-refractivity contribution >= 4 is 0 Å². The molecule has 3 heteroatoms. The smallest absolute Gasteiger partial charge is 0.123 e. The molecule has 1 heterocycles. The number of benzene rings is 1. The molecular weight excluding hydrogens is 227 g/mol. The van der Waals surface area contributed by atoms with Gasteiger partial charge in [-0.3, -0.25) is 10.2 Å². The fourth-order valence-corrected chi connectivity index (χ4v) is 2.95. The van der Waals surface area contributed by atoms with Crippen molar-refractivity contribution in [1.82, 2.24) is 10.2 Å². The van der Waals surface area contributed by atoms with Gasteiger partial charge in [-0.15, -0.1) is 0 Å². The van der Waals surface area contributed by atoms with Gasteiger partial charge in [0.2, 0.25) is 0 Å². The van der Waals surface area contributed by atoms with E-state index in [1.165, 1.54) is 25.0 Å². The van der Waals surface area contributed by atoms with Crippen LogP contribution in [-0.2, 0) is 0 Å². The second-order valence-corrected chi connectivity index (χ2v) is 5.36.